The van der Waals surface area contributed by atoms with Gasteiger partial charge in [-0.15, -0.1) is 0 Å². The Labute approximate surface area is 156 Å². The zero-order valence-electron chi connectivity index (χ0n) is 12.2. The van der Waals surface area contributed by atoms with Crippen LogP contribution in [0.15, 0.2) is 47.4 Å². The Balaban J connectivity index is 2.16. The van der Waals surface area contributed by atoms with Crippen LogP contribution < -0.4 is 0 Å². The average Bonchev–Trinajstić information content (AvgIpc) is 2.88. The molecule has 124 valence electrons. The molecule has 0 bridgehead atoms. The van der Waals surface area contributed by atoms with E-state index in [2.05, 4.69) is 0 Å². The van der Waals surface area contributed by atoms with Crippen LogP contribution in [0.25, 0.3) is 21.6 Å². The second-order valence-electron chi connectivity index (χ2n) is 5.08. The van der Waals surface area contributed by atoms with Gasteiger partial charge in [-0.1, -0.05) is 56.6 Å². The van der Waals surface area contributed by atoms with E-state index in [1.54, 1.807) is 30.3 Å². The summed E-state index contributed by atoms with van der Waals surface area (Å²) in [6.45, 7) is 0. The van der Waals surface area contributed by atoms with E-state index in [1.165, 1.54) is 39.1 Å². The molecule has 1 aromatic heterocycles. The largest absolute Gasteiger partial charge is 0.224 e. The molecule has 0 spiro atoms. The fourth-order valence-corrected chi connectivity index (χ4v) is 6.01. The topological polar surface area (TPSA) is 34.1 Å². The first-order valence-corrected chi connectivity index (χ1v) is 11.5. The first-order chi connectivity index (χ1) is 11.3. The summed E-state index contributed by atoms with van der Waals surface area (Å²) in [6, 6.07) is 10.8. The maximum atomic E-state index is 13.3. The molecule has 3 aromatic rings. The highest BCUT2D eigenvalue weighted by atomic mass is 35.5. The van der Waals surface area contributed by atoms with Crippen LogP contribution in [-0.4, -0.2) is 14.7 Å². The van der Waals surface area contributed by atoms with Crippen LogP contribution in [0.2, 0.25) is 5.02 Å². The Morgan fingerprint density at radius 2 is 1.75 bits per heavy atom. The van der Waals surface area contributed by atoms with Crippen LogP contribution >= 0.6 is 44.5 Å². The van der Waals surface area contributed by atoms with E-state index in [1.807, 2.05) is 0 Å². The predicted octanol–water partition coefficient (Wildman–Crippen LogP) is 6.07. The van der Waals surface area contributed by atoms with Gasteiger partial charge in [-0.05, 0) is 35.9 Å². The monoisotopic (exact) mass is 416 g/mol. The van der Waals surface area contributed by atoms with Crippen LogP contribution in [0.5, 0.6) is 0 Å². The maximum Gasteiger partial charge on any atom is 0.175 e. The molecule has 0 saturated heterocycles. The molecule has 0 fully saturated rings. The van der Waals surface area contributed by atoms with Gasteiger partial charge in [0, 0.05) is 17.4 Å². The van der Waals surface area contributed by atoms with Gasteiger partial charge in [-0.25, -0.2) is 12.8 Å². The summed E-state index contributed by atoms with van der Waals surface area (Å²) >= 11 is 11.6. The molecule has 0 saturated carbocycles. The predicted molar refractivity (Wildman–Crippen MR) is 102 cm³/mol. The van der Waals surface area contributed by atoms with E-state index >= 15 is 0 Å². The van der Waals surface area contributed by atoms with E-state index in [9.17, 15) is 12.8 Å². The smallest absolute Gasteiger partial charge is 0.175 e. The van der Waals surface area contributed by atoms with Gasteiger partial charge < -0.3 is 0 Å². The van der Waals surface area contributed by atoms with Crippen molar-refractivity contribution >= 4 is 54.3 Å². The van der Waals surface area contributed by atoms with E-state index in [4.69, 9.17) is 23.8 Å². The lowest BCUT2D eigenvalue weighted by atomic mass is 10.0. The molecular formula is C16H10ClFO2S4. The van der Waals surface area contributed by atoms with Gasteiger partial charge in [0.2, 0.25) is 0 Å². The highest BCUT2D eigenvalue weighted by Gasteiger charge is 2.16. The van der Waals surface area contributed by atoms with E-state index in [-0.39, 0.29) is 4.90 Å². The van der Waals surface area contributed by atoms with Gasteiger partial charge in [-0.3, -0.25) is 0 Å². The Bertz CT molecular complexity index is 1070. The summed E-state index contributed by atoms with van der Waals surface area (Å²) in [5, 5.41) is 0.292. The molecule has 0 amide bonds. The summed E-state index contributed by atoms with van der Waals surface area (Å²) in [4.78, 5) is 1.14. The van der Waals surface area contributed by atoms with Crippen LogP contribution in [0, 0.1) is 9.64 Å². The van der Waals surface area contributed by atoms with E-state index in [0.717, 1.165) is 16.0 Å². The maximum absolute atomic E-state index is 13.3. The van der Waals surface area contributed by atoms with Gasteiger partial charge >= 0.3 is 0 Å². The van der Waals surface area contributed by atoms with Crippen molar-refractivity contribution in [3.63, 3.8) is 0 Å². The lowest BCUT2D eigenvalue weighted by Crippen LogP contribution is -1.96. The second-order valence-corrected chi connectivity index (χ2v) is 10.3. The first kappa shape index (κ1) is 17.7. The van der Waals surface area contributed by atoms with Crippen LogP contribution in [0.3, 0.4) is 0 Å². The molecule has 0 atom stereocenters. The average molecular weight is 417 g/mol. The highest BCUT2D eigenvalue weighted by Crippen LogP contribution is 2.43. The van der Waals surface area contributed by atoms with Gasteiger partial charge in [0.05, 0.1) is 14.8 Å². The van der Waals surface area contributed by atoms with Crippen LogP contribution in [0.1, 0.15) is 0 Å². The minimum absolute atomic E-state index is 0.256. The molecular weight excluding hydrogens is 407 g/mol. The van der Waals surface area contributed by atoms with Crippen molar-refractivity contribution in [1.29, 1.82) is 0 Å². The van der Waals surface area contributed by atoms with Gasteiger partial charge in [-0.2, -0.15) is 0 Å². The third kappa shape index (κ3) is 3.45. The first-order valence-electron chi connectivity index (χ1n) is 6.66. The van der Waals surface area contributed by atoms with Crippen molar-refractivity contribution in [2.45, 2.75) is 4.90 Å². The molecule has 0 unspecified atom stereocenters. The molecule has 2 aromatic carbocycles. The van der Waals surface area contributed by atoms with Crippen LogP contribution in [0.4, 0.5) is 4.39 Å². The van der Waals surface area contributed by atoms with Crippen molar-refractivity contribution in [1.82, 2.24) is 0 Å². The third-order valence-corrected chi connectivity index (χ3v) is 7.88. The molecule has 0 N–H and O–H groups in total. The number of rotatable bonds is 3. The van der Waals surface area contributed by atoms with Gasteiger partial charge in [0.15, 0.2) is 9.84 Å². The van der Waals surface area contributed by atoms with Crippen molar-refractivity contribution in [3.05, 3.63) is 57.1 Å². The van der Waals surface area contributed by atoms with Gasteiger partial charge in [0.25, 0.3) is 0 Å². The van der Waals surface area contributed by atoms with Gasteiger partial charge in [0.1, 0.15) is 9.64 Å². The fraction of sp³-hybridized carbons (Fsp3) is 0.0625. The van der Waals surface area contributed by atoms with Crippen molar-refractivity contribution in [2.24, 2.45) is 0 Å². The quantitative estimate of drug-likeness (QED) is 0.384. The zero-order chi connectivity index (χ0) is 17.5. The summed E-state index contributed by atoms with van der Waals surface area (Å²) in [6.07, 6.45) is 1.17. The molecule has 1 heterocycles. The van der Waals surface area contributed by atoms with Crippen molar-refractivity contribution in [2.75, 3.05) is 6.26 Å². The number of hydrogen-bond acceptors (Lipinski definition) is 5. The summed E-state index contributed by atoms with van der Waals surface area (Å²) < 4.78 is 37.1. The van der Waals surface area contributed by atoms with Crippen molar-refractivity contribution < 1.29 is 12.8 Å². The third-order valence-electron chi connectivity index (χ3n) is 3.38. The summed E-state index contributed by atoms with van der Waals surface area (Å²) in [5.74, 6) is -0.410. The minimum atomic E-state index is -3.25. The molecule has 0 aliphatic rings. The van der Waals surface area contributed by atoms with Crippen molar-refractivity contribution in [3.8, 4) is 21.6 Å². The molecule has 24 heavy (non-hydrogen) atoms. The minimum Gasteiger partial charge on any atom is -0.224 e. The number of halogens is 2. The number of sulfone groups is 1. The molecule has 0 aliphatic heterocycles. The standard InChI is InChI=1S/C16H10ClFO2S4/c1-24(19,20)11-5-2-9(3-6-11)15-14(16(21)23-22-15)12-7-4-10(18)8-13(12)17/h2-8H,1H3. The lowest BCUT2D eigenvalue weighted by Gasteiger charge is -2.07. The Kier molecular flexibility index (Phi) is 4.90. The Morgan fingerprint density at radius 1 is 1.08 bits per heavy atom. The summed E-state index contributed by atoms with van der Waals surface area (Å²) in [7, 11) is -0.332. The SMILES string of the molecule is CS(=O)(=O)c1ccc(-c2ssc(=S)c2-c2ccc(F)cc2Cl)cc1. The molecule has 0 aliphatic carbocycles. The normalized spacial score (nSPS) is 11.6. The van der Waals surface area contributed by atoms with Crippen LogP contribution in [-0.2, 0) is 9.84 Å². The van der Waals surface area contributed by atoms with E-state index in [0.29, 0.717) is 14.4 Å². The molecule has 0 radical (unpaired) electrons. The highest BCUT2D eigenvalue weighted by molar-refractivity contribution is 7.90. The Hall–Kier alpha value is -1.12. The lowest BCUT2D eigenvalue weighted by molar-refractivity contribution is 0.602. The Morgan fingerprint density at radius 3 is 2.33 bits per heavy atom. The number of benzene rings is 2. The van der Waals surface area contributed by atoms with E-state index < -0.39 is 15.7 Å². The number of hydrogen-bond donors (Lipinski definition) is 0. The molecule has 3 rings (SSSR count). The second kappa shape index (κ2) is 6.65. The fourth-order valence-electron chi connectivity index (χ4n) is 2.23. The molecule has 8 heteroatoms. The zero-order valence-corrected chi connectivity index (χ0v) is 16.3. The molecule has 2 nitrogen and oxygen atoms in total. The summed E-state index contributed by atoms with van der Waals surface area (Å²) in [5.41, 5.74) is 2.29.